The Labute approximate surface area is 218 Å². The van der Waals surface area contributed by atoms with E-state index >= 15 is 0 Å². The van der Waals surface area contributed by atoms with Gasteiger partial charge in [0.2, 0.25) is 5.91 Å². The molecule has 3 aliphatic rings. The molecule has 0 spiro atoms. The topological polar surface area (TPSA) is 87.1 Å². The van der Waals surface area contributed by atoms with Gasteiger partial charge >= 0.3 is 5.97 Å². The number of β-lactam (4-membered cyclic amide) rings is 1. The number of aryl methyl sites for hydroxylation is 1. The minimum absolute atomic E-state index is 0.0469. The zero-order valence-corrected chi connectivity index (χ0v) is 22.4. The quantitative estimate of drug-likeness (QED) is 0.317. The Kier molecular flexibility index (Phi) is 8.12. The average molecular weight is 512 g/mol. The summed E-state index contributed by atoms with van der Waals surface area (Å²) in [7, 11) is 1.35. The number of amides is 1. The van der Waals surface area contributed by atoms with E-state index in [1.54, 1.807) is 11.8 Å². The van der Waals surface area contributed by atoms with Gasteiger partial charge in [0.05, 0.1) is 25.2 Å². The third-order valence-electron chi connectivity index (χ3n) is 8.05. The molecule has 1 aliphatic carbocycles. The first kappa shape index (κ1) is 26.7. The van der Waals surface area contributed by atoms with Gasteiger partial charge in [0, 0.05) is 17.4 Å². The van der Waals surface area contributed by atoms with Gasteiger partial charge in [-0.1, -0.05) is 44.5 Å². The van der Waals surface area contributed by atoms with Crippen LogP contribution in [-0.2, 0) is 27.2 Å². The third kappa shape index (κ3) is 4.46. The van der Waals surface area contributed by atoms with Crippen LogP contribution in [0.15, 0.2) is 46.5 Å². The minimum atomic E-state index is -0.667. The van der Waals surface area contributed by atoms with Crippen LogP contribution in [0.3, 0.4) is 0 Å². The van der Waals surface area contributed by atoms with Crippen LogP contribution in [0.4, 0.5) is 0 Å². The van der Waals surface area contributed by atoms with Gasteiger partial charge in [0.15, 0.2) is 0 Å². The maximum atomic E-state index is 12.3. The van der Waals surface area contributed by atoms with E-state index in [2.05, 4.69) is 50.7 Å². The summed E-state index contributed by atoms with van der Waals surface area (Å²) in [5.74, 6) is -0.415. The van der Waals surface area contributed by atoms with Gasteiger partial charge in [-0.3, -0.25) is 4.79 Å². The first-order valence-electron chi connectivity index (χ1n) is 12.9. The molecule has 1 saturated heterocycles. The fraction of sp³-hybridized carbons (Fsp3) is 0.517. The molecule has 2 fully saturated rings. The molecule has 5 unspecified atom stereocenters. The van der Waals surface area contributed by atoms with E-state index in [9.17, 15) is 14.7 Å². The highest BCUT2D eigenvalue weighted by atomic mass is 32.1. The Morgan fingerprint density at radius 2 is 1.97 bits per heavy atom. The molecule has 1 amide bonds. The Balaban J connectivity index is 0.000000174. The SMILES string of the molecule is CCc1cccc2c(CCO)ccc(S)c12.COC(=O)C1=C2C(C)CCCC2C2C(C(C)O)C(=O)N12. The van der Waals surface area contributed by atoms with Crippen LogP contribution in [0.25, 0.3) is 10.8 Å². The van der Waals surface area contributed by atoms with Crippen molar-refractivity contribution in [1.82, 2.24) is 4.90 Å². The summed E-state index contributed by atoms with van der Waals surface area (Å²) < 4.78 is 4.87. The Morgan fingerprint density at radius 1 is 1.22 bits per heavy atom. The Hall–Kier alpha value is -2.35. The highest BCUT2D eigenvalue weighted by Crippen LogP contribution is 2.53. The second-order valence-electron chi connectivity index (χ2n) is 10.1. The number of hydrogen-bond donors (Lipinski definition) is 3. The number of carbonyl (C=O) groups excluding carboxylic acids is 2. The molecule has 0 bridgehead atoms. The summed E-state index contributed by atoms with van der Waals surface area (Å²) in [5, 5.41) is 21.4. The molecule has 7 heteroatoms. The fourth-order valence-corrected chi connectivity index (χ4v) is 6.74. The third-order valence-corrected chi connectivity index (χ3v) is 8.43. The minimum Gasteiger partial charge on any atom is -0.464 e. The number of esters is 1. The molecule has 5 atom stereocenters. The average Bonchev–Trinajstić information content (AvgIpc) is 3.16. The van der Waals surface area contributed by atoms with E-state index < -0.39 is 12.1 Å². The van der Waals surface area contributed by atoms with Gasteiger partial charge in [0.1, 0.15) is 5.70 Å². The second kappa shape index (κ2) is 11.0. The molecule has 0 aromatic heterocycles. The van der Waals surface area contributed by atoms with E-state index in [1.807, 2.05) is 6.07 Å². The predicted octanol–water partition coefficient (Wildman–Crippen LogP) is 4.30. The molecular formula is C29H37NO5S. The molecule has 2 heterocycles. The fourth-order valence-electron chi connectivity index (χ4n) is 6.41. The van der Waals surface area contributed by atoms with E-state index in [4.69, 9.17) is 9.84 Å². The molecule has 0 radical (unpaired) electrons. The van der Waals surface area contributed by atoms with Crippen molar-refractivity contribution in [2.45, 2.75) is 69.9 Å². The zero-order chi connectivity index (χ0) is 26.1. The lowest BCUT2D eigenvalue weighted by Gasteiger charge is -2.47. The van der Waals surface area contributed by atoms with Gasteiger partial charge in [-0.05, 0) is 72.1 Å². The monoisotopic (exact) mass is 511 g/mol. The van der Waals surface area contributed by atoms with Crippen molar-refractivity contribution < 1.29 is 24.5 Å². The molecule has 2 aromatic carbocycles. The highest BCUT2D eigenvalue weighted by molar-refractivity contribution is 7.80. The molecule has 6 nitrogen and oxygen atoms in total. The molecule has 2 N–H and O–H groups in total. The first-order chi connectivity index (χ1) is 17.3. The molecule has 2 aliphatic heterocycles. The van der Waals surface area contributed by atoms with Crippen LogP contribution >= 0.6 is 12.6 Å². The number of rotatable bonds is 5. The van der Waals surface area contributed by atoms with Crippen molar-refractivity contribution in [2.24, 2.45) is 17.8 Å². The van der Waals surface area contributed by atoms with Gasteiger partial charge in [0.25, 0.3) is 0 Å². The first-order valence-corrected chi connectivity index (χ1v) is 13.4. The Morgan fingerprint density at radius 3 is 2.61 bits per heavy atom. The van der Waals surface area contributed by atoms with Crippen molar-refractivity contribution >= 4 is 35.3 Å². The zero-order valence-electron chi connectivity index (χ0n) is 21.5. The summed E-state index contributed by atoms with van der Waals surface area (Å²) >= 11 is 4.53. The largest absolute Gasteiger partial charge is 0.464 e. The predicted molar refractivity (Wildman–Crippen MR) is 143 cm³/mol. The lowest BCUT2D eigenvalue weighted by molar-refractivity contribution is -0.164. The number of ether oxygens (including phenoxy) is 1. The lowest BCUT2D eigenvalue weighted by Crippen LogP contribution is -2.64. The van der Waals surface area contributed by atoms with Crippen LogP contribution in [0.1, 0.15) is 51.2 Å². The van der Waals surface area contributed by atoms with E-state index in [1.165, 1.54) is 29.0 Å². The van der Waals surface area contributed by atoms with Gasteiger partial charge in [-0.25, -0.2) is 4.79 Å². The van der Waals surface area contributed by atoms with Crippen LogP contribution in [0.5, 0.6) is 0 Å². The molecule has 1 saturated carbocycles. The normalized spacial score (nSPS) is 25.5. The molecule has 194 valence electrons. The summed E-state index contributed by atoms with van der Waals surface area (Å²) in [5.41, 5.74) is 4.05. The van der Waals surface area contributed by atoms with E-state index in [0.29, 0.717) is 18.0 Å². The molecular weight excluding hydrogens is 474 g/mol. The number of benzene rings is 2. The Bertz CT molecular complexity index is 1190. The number of fused-ring (bicyclic) bond motifs is 4. The maximum absolute atomic E-state index is 12.3. The number of carbonyl (C=O) groups is 2. The van der Waals surface area contributed by atoms with Crippen LogP contribution in [0.2, 0.25) is 0 Å². The second-order valence-corrected chi connectivity index (χ2v) is 10.6. The van der Waals surface area contributed by atoms with Gasteiger partial charge < -0.3 is 19.8 Å². The number of hydrogen-bond acceptors (Lipinski definition) is 6. The number of aliphatic hydroxyl groups is 2. The number of methoxy groups -OCH3 is 1. The number of aliphatic hydroxyl groups excluding tert-OH is 2. The van der Waals surface area contributed by atoms with E-state index in [-0.39, 0.29) is 30.4 Å². The van der Waals surface area contributed by atoms with Crippen LogP contribution in [-0.4, -0.2) is 52.9 Å². The standard InChI is InChI=1S/C15H21NO4.C14H16OS/c1-7-5-4-6-9-10(7)13(15(19)20-3)16-12(9)11(8(2)17)14(16)18;1-2-10-4-3-5-12-11(8-9-15)6-7-13(16)14(10)12/h7-9,11-12,17H,4-6H2,1-3H3;3-7,15-16H,2,8-9H2,1H3. The van der Waals surface area contributed by atoms with Crippen molar-refractivity contribution in [3.63, 3.8) is 0 Å². The highest BCUT2D eigenvalue weighted by Gasteiger charge is 2.61. The van der Waals surface area contributed by atoms with Crippen molar-refractivity contribution in [3.05, 3.63) is 52.7 Å². The molecule has 5 rings (SSSR count). The summed E-state index contributed by atoms with van der Waals surface area (Å²) in [6, 6.07) is 10.4. The van der Waals surface area contributed by atoms with Gasteiger partial charge in [-0.2, -0.15) is 0 Å². The number of nitrogens with zero attached hydrogens (tertiary/aromatic N) is 1. The van der Waals surface area contributed by atoms with Gasteiger partial charge in [-0.15, -0.1) is 12.6 Å². The van der Waals surface area contributed by atoms with E-state index in [0.717, 1.165) is 36.2 Å². The van der Waals surface area contributed by atoms with Crippen molar-refractivity contribution in [2.75, 3.05) is 13.7 Å². The maximum Gasteiger partial charge on any atom is 0.354 e. The van der Waals surface area contributed by atoms with Crippen LogP contribution in [0, 0.1) is 17.8 Å². The lowest BCUT2D eigenvalue weighted by atomic mass is 9.70. The van der Waals surface area contributed by atoms with Crippen molar-refractivity contribution in [1.29, 1.82) is 0 Å². The summed E-state index contributed by atoms with van der Waals surface area (Å²) in [6.07, 6.45) is 4.18. The smallest absolute Gasteiger partial charge is 0.354 e. The number of thiol groups is 1. The summed E-state index contributed by atoms with van der Waals surface area (Å²) in [6.45, 7) is 6.11. The van der Waals surface area contributed by atoms with Crippen molar-refractivity contribution in [3.8, 4) is 0 Å². The molecule has 2 aromatic rings. The summed E-state index contributed by atoms with van der Waals surface area (Å²) in [4.78, 5) is 27.0. The van der Waals surface area contributed by atoms with Crippen LogP contribution < -0.4 is 0 Å². The molecule has 36 heavy (non-hydrogen) atoms.